The van der Waals surface area contributed by atoms with Crippen molar-refractivity contribution in [3.8, 4) is 5.75 Å². The predicted octanol–water partition coefficient (Wildman–Crippen LogP) is 4.46. The summed E-state index contributed by atoms with van der Waals surface area (Å²) in [4.78, 5) is 14.3. The number of amides is 1. The number of aliphatic hydroxyl groups is 1. The minimum atomic E-state index is -0.997. The van der Waals surface area contributed by atoms with E-state index in [2.05, 4.69) is 0 Å². The average Bonchev–Trinajstić information content (AvgIpc) is 2.88. The van der Waals surface area contributed by atoms with Gasteiger partial charge in [0.1, 0.15) is 23.8 Å². The third-order valence-electron chi connectivity index (χ3n) is 5.65. The average molecular weight is 420 g/mol. The Balaban J connectivity index is 1.58. The molecule has 1 aliphatic rings. The molecule has 0 aliphatic carbocycles. The van der Waals surface area contributed by atoms with Gasteiger partial charge in [0, 0.05) is 23.7 Å². The van der Waals surface area contributed by atoms with E-state index in [1.165, 1.54) is 17.7 Å². The molecule has 0 radical (unpaired) electrons. The first-order valence-electron chi connectivity index (χ1n) is 9.90. The Morgan fingerprint density at radius 2 is 2.00 bits per heavy atom. The van der Waals surface area contributed by atoms with Gasteiger partial charge in [-0.05, 0) is 68.5 Å². The van der Waals surface area contributed by atoms with Gasteiger partial charge < -0.3 is 14.7 Å². The number of rotatable bonds is 5. The van der Waals surface area contributed by atoms with E-state index in [1.807, 2.05) is 32.0 Å². The summed E-state index contributed by atoms with van der Waals surface area (Å²) in [5, 5.41) is 11.2. The number of hydrogen-bond acceptors (Lipinski definition) is 3. The van der Waals surface area contributed by atoms with Crippen LogP contribution in [0.25, 0.3) is 0 Å². The molecule has 29 heavy (non-hydrogen) atoms. The summed E-state index contributed by atoms with van der Waals surface area (Å²) < 4.78 is 19.8. The first-order valence-corrected chi connectivity index (χ1v) is 10.3. The Labute approximate surface area is 176 Å². The number of aryl methyl sites for hydroxylation is 2. The van der Waals surface area contributed by atoms with Gasteiger partial charge in [0.2, 0.25) is 5.91 Å². The number of likely N-dealkylation sites (tertiary alicyclic amines) is 1. The minimum Gasteiger partial charge on any atom is -0.491 e. The van der Waals surface area contributed by atoms with Gasteiger partial charge in [-0.2, -0.15) is 0 Å². The van der Waals surface area contributed by atoms with E-state index in [0.717, 1.165) is 11.3 Å². The molecule has 0 saturated carbocycles. The van der Waals surface area contributed by atoms with Crippen molar-refractivity contribution < 1.29 is 19.0 Å². The largest absolute Gasteiger partial charge is 0.491 e. The molecule has 2 aromatic carbocycles. The number of hydrogen-bond donors (Lipinski definition) is 1. The van der Waals surface area contributed by atoms with E-state index in [4.69, 9.17) is 16.3 Å². The predicted molar refractivity (Wildman–Crippen MR) is 112 cm³/mol. The molecule has 6 heteroatoms. The molecule has 1 atom stereocenters. The SMILES string of the molecule is Cc1ccc(OCC2(O)CCCN(C(=O)Cc3c(F)cccc3Cl)CC2)cc1C. The molecule has 1 aliphatic heterocycles. The Hall–Kier alpha value is -2.11. The molecular weight excluding hydrogens is 393 g/mol. The molecule has 0 aromatic heterocycles. The Morgan fingerprint density at radius 1 is 1.21 bits per heavy atom. The zero-order valence-electron chi connectivity index (χ0n) is 16.9. The van der Waals surface area contributed by atoms with Gasteiger partial charge in [0.25, 0.3) is 0 Å². The summed E-state index contributed by atoms with van der Waals surface area (Å²) in [7, 11) is 0. The topological polar surface area (TPSA) is 49.8 Å². The van der Waals surface area contributed by atoms with Crippen LogP contribution in [0, 0.1) is 19.7 Å². The van der Waals surface area contributed by atoms with Gasteiger partial charge in [-0.1, -0.05) is 23.7 Å². The summed E-state index contributed by atoms with van der Waals surface area (Å²) in [6.45, 7) is 5.16. The van der Waals surface area contributed by atoms with Crippen LogP contribution in [0.5, 0.6) is 5.75 Å². The summed E-state index contributed by atoms with van der Waals surface area (Å²) in [6.07, 6.45) is 1.53. The molecule has 1 amide bonds. The highest BCUT2D eigenvalue weighted by Gasteiger charge is 2.32. The molecule has 4 nitrogen and oxygen atoms in total. The first-order chi connectivity index (χ1) is 13.8. The van der Waals surface area contributed by atoms with Crippen molar-refractivity contribution in [3.63, 3.8) is 0 Å². The van der Waals surface area contributed by atoms with Gasteiger partial charge in [0.15, 0.2) is 0 Å². The third-order valence-corrected chi connectivity index (χ3v) is 6.00. The van der Waals surface area contributed by atoms with Gasteiger partial charge in [0.05, 0.1) is 6.42 Å². The number of benzene rings is 2. The fourth-order valence-corrected chi connectivity index (χ4v) is 3.79. The van der Waals surface area contributed by atoms with Crippen molar-refractivity contribution in [3.05, 3.63) is 63.9 Å². The maximum Gasteiger partial charge on any atom is 0.227 e. The maximum atomic E-state index is 14.0. The van der Waals surface area contributed by atoms with Crippen LogP contribution in [0.15, 0.2) is 36.4 Å². The quantitative estimate of drug-likeness (QED) is 0.778. The van der Waals surface area contributed by atoms with Crippen LogP contribution in [-0.4, -0.2) is 41.2 Å². The van der Waals surface area contributed by atoms with Crippen LogP contribution in [0.2, 0.25) is 5.02 Å². The zero-order chi connectivity index (χ0) is 21.0. The summed E-state index contributed by atoms with van der Waals surface area (Å²) in [5.74, 6) is 0.0724. The number of carbonyl (C=O) groups is 1. The minimum absolute atomic E-state index is 0.0803. The Bertz CT molecular complexity index is 868. The van der Waals surface area contributed by atoms with Gasteiger partial charge >= 0.3 is 0 Å². The first kappa shape index (κ1) is 21.6. The highest BCUT2D eigenvalue weighted by molar-refractivity contribution is 6.31. The van der Waals surface area contributed by atoms with Crippen molar-refractivity contribution in [1.82, 2.24) is 4.90 Å². The zero-order valence-corrected chi connectivity index (χ0v) is 17.6. The standard InChI is InChI=1S/C23H27ClFNO3/c1-16-7-8-18(13-17(16)2)29-15-23(28)9-4-11-26(12-10-23)22(27)14-19-20(24)5-3-6-21(19)25/h3,5-8,13,28H,4,9-12,14-15H2,1-2H3. The number of carbonyl (C=O) groups excluding carboxylic acids is 1. The smallest absolute Gasteiger partial charge is 0.227 e. The fraction of sp³-hybridized carbons (Fsp3) is 0.435. The molecule has 0 bridgehead atoms. The van der Waals surface area contributed by atoms with Crippen molar-refractivity contribution in [2.24, 2.45) is 0 Å². The normalized spacial score (nSPS) is 19.7. The molecule has 2 aromatic rings. The van der Waals surface area contributed by atoms with E-state index in [0.29, 0.717) is 32.4 Å². The Kier molecular flexibility index (Phi) is 6.81. The van der Waals surface area contributed by atoms with Gasteiger partial charge in [-0.25, -0.2) is 4.39 Å². The van der Waals surface area contributed by atoms with Crippen molar-refractivity contribution in [2.75, 3.05) is 19.7 Å². The van der Waals surface area contributed by atoms with Crippen LogP contribution in [-0.2, 0) is 11.2 Å². The van der Waals surface area contributed by atoms with Crippen molar-refractivity contribution >= 4 is 17.5 Å². The summed E-state index contributed by atoms with van der Waals surface area (Å²) in [5.41, 5.74) is 1.55. The molecule has 1 heterocycles. The van der Waals surface area contributed by atoms with Crippen LogP contribution in [0.3, 0.4) is 0 Å². The summed E-state index contributed by atoms with van der Waals surface area (Å²) >= 11 is 6.04. The highest BCUT2D eigenvalue weighted by Crippen LogP contribution is 2.26. The van der Waals surface area contributed by atoms with Gasteiger partial charge in [-0.3, -0.25) is 4.79 Å². The van der Waals surface area contributed by atoms with Crippen LogP contribution in [0.1, 0.15) is 36.0 Å². The van der Waals surface area contributed by atoms with E-state index in [-0.39, 0.29) is 29.5 Å². The van der Waals surface area contributed by atoms with Crippen LogP contribution < -0.4 is 4.74 Å². The highest BCUT2D eigenvalue weighted by atomic mass is 35.5. The van der Waals surface area contributed by atoms with Crippen LogP contribution >= 0.6 is 11.6 Å². The van der Waals surface area contributed by atoms with E-state index in [1.54, 1.807) is 11.0 Å². The molecule has 3 rings (SSSR count). The lowest BCUT2D eigenvalue weighted by Gasteiger charge is -2.27. The van der Waals surface area contributed by atoms with E-state index < -0.39 is 11.4 Å². The molecule has 1 fully saturated rings. The Morgan fingerprint density at radius 3 is 2.72 bits per heavy atom. The van der Waals surface area contributed by atoms with E-state index >= 15 is 0 Å². The van der Waals surface area contributed by atoms with Crippen molar-refractivity contribution in [1.29, 1.82) is 0 Å². The van der Waals surface area contributed by atoms with Gasteiger partial charge in [-0.15, -0.1) is 0 Å². The summed E-state index contributed by atoms with van der Waals surface area (Å²) in [6, 6.07) is 10.3. The second-order valence-corrected chi connectivity index (χ2v) is 8.28. The second kappa shape index (κ2) is 9.14. The molecule has 1 N–H and O–H groups in total. The lowest BCUT2D eigenvalue weighted by Crippen LogP contribution is -2.38. The fourth-order valence-electron chi connectivity index (χ4n) is 3.56. The lowest BCUT2D eigenvalue weighted by molar-refractivity contribution is -0.130. The molecule has 1 saturated heterocycles. The third kappa shape index (κ3) is 5.49. The van der Waals surface area contributed by atoms with E-state index in [9.17, 15) is 14.3 Å². The monoisotopic (exact) mass is 419 g/mol. The number of ether oxygens (including phenoxy) is 1. The number of halogens is 2. The van der Waals surface area contributed by atoms with Crippen LogP contribution in [0.4, 0.5) is 4.39 Å². The van der Waals surface area contributed by atoms with Crippen molar-refractivity contribution in [2.45, 2.75) is 45.1 Å². The maximum absolute atomic E-state index is 14.0. The molecule has 1 unspecified atom stereocenters. The molecular formula is C23H27ClFNO3. The molecule has 156 valence electrons. The lowest BCUT2D eigenvalue weighted by atomic mass is 9.96. The number of nitrogens with zero attached hydrogens (tertiary/aromatic N) is 1. The molecule has 0 spiro atoms. The second-order valence-electron chi connectivity index (χ2n) is 7.87.